The molecule has 0 bridgehead atoms. The van der Waals surface area contributed by atoms with E-state index in [9.17, 15) is 15.0 Å². The van der Waals surface area contributed by atoms with E-state index in [4.69, 9.17) is 4.74 Å². The van der Waals surface area contributed by atoms with Crippen LogP contribution >= 0.6 is 0 Å². The number of H-pyrrole nitrogens is 1. The Balaban J connectivity index is 1.10. The Bertz CT molecular complexity index is 2100. The second kappa shape index (κ2) is 14.7. The number of methoxy groups -OCH3 is 1. The number of aryl methyl sites for hydroxylation is 1. The van der Waals surface area contributed by atoms with Crippen LogP contribution in [0.4, 0.5) is 11.5 Å². The van der Waals surface area contributed by atoms with Crippen molar-refractivity contribution in [2.45, 2.75) is 52.8 Å². The zero-order chi connectivity index (χ0) is 35.6. The first-order chi connectivity index (χ1) is 24.7. The minimum Gasteiger partial charge on any atom is -0.496 e. The van der Waals surface area contributed by atoms with E-state index in [1.807, 2.05) is 0 Å². The summed E-state index contributed by atoms with van der Waals surface area (Å²) in [7, 11) is 1.69. The molecule has 0 unspecified atom stereocenters. The second-order valence-corrected chi connectivity index (χ2v) is 14.2. The lowest BCUT2D eigenvalue weighted by Gasteiger charge is -2.19. The zero-order valence-electron chi connectivity index (χ0n) is 29.9. The van der Waals surface area contributed by atoms with Crippen LogP contribution in [0.15, 0.2) is 66.7 Å². The number of aliphatic carboxylic acids is 1. The molecule has 0 amide bonds. The summed E-state index contributed by atoms with van der Waals surface area (Å²) in [6, 6.07) is 23.5. The van der Waals surface area contributed by atoms with Crippen LogP contribution in [-0.4, -0.2) is 75.6 Å². The monoisotopic (exact) mass is 685 g/mol. The Morgan fingerprint density at radius 2 is 1.67 bits per heavy atom. The number of β-amino-alcohol motifs (C(OH)–C–C–N with tert-alkyl or cyclic N) is 1. The van der Waals surface area contributed by atoms with Crippen molar-refractivity contribution in [2.24, 2.45) is 5.92 Å². The lowest BCUT2D eigenvalue weighted by molar-refractivity contribution is -0.141. The summed E-state index contributed by atoms with van der Waals surface area (Å²) in [5, 5.41) is 31.8. The molecule has 5 aromatic rings. The molecule has 3 heterocycles. The maximum Gasteiger partial charge on any atom is 0.307 e. The fraction of sp³-hybridized carbons (Fsp3) is 0.333. The maximum atomic E-state index is 11.5. The van der Waals surface area contributed by atoms with Gasteiger partial charge >= 0.3 is 5.97 Å². The highest BCUT2D eigenvalue weighted by Gasteiger charge is 2.28. The van der Waals surface area contributed by atoms with Crippen LogP contribution in [-0.2, 0) is 17.9 Å². The standard InChI is InChI=1S/C42H47N5O4/c1-26-19-33(24-47-17-15-32(23-47)42(49)50)40(51-4)21-31(26)13-12-30-7-5-8-35(27(30)2)36-9-6-10-38(28(36)3)43-41-37-20-29(11-14-39(37)44-45-41)22-46-18-16-34(48)25-46/h5-14,19-21,32,34,48H,15-18,22-25H2,1-4H3,(H,49,50)(H2,43,44,45)/b13-12+/t32-,34-/m1/s1. The second-order valence-electron chi connectivity index (χ2n) is 14.2. The number of nitrogens with zero attached hydrogens (tertiary/aromatic N) is 3. The Hall–Kier alpha value is -4.96. The Morgan fingerprint density at radius 1 is 0.922 bits per heavy atom. The van der Waals surface area contributed by atoms with E-state index < -0.39 is 5.97 Å². The molecule has 1 aromatic heterocycles. The molecule has 0 spiro atoms. The molecule has 51 heavy (non-hydrogen) atoms. The summed E-state index contributed by atoms with van der Waals surface area (Å²) in [6.07, 6.45) is 5.61. The summed E-state index contributed by atoms with van der Waals surface area (Å²) in [4.78, 5) is 15.9. The van der Waals surface area contributed by atoms with Gasteiger partial charge in [-0.05, 0) is 109 Å². The molecular formula is C42H47N5O4. The van der Waals surface area contributed by atoms with Crippen molar-refractivity contribution >= 4 is 40.5 Å². The number of fused-ring (bicyclic) bond motifs is 1. The number of anilines is 2. The van der Waals surface area contributed by atoms with Crippen molar-refractivity contribution in [3.63, 3.8) is 0 Å². The van der Waals surface area contributed by atoms with E-state index >= 15 is 0 Å². The number of hydrogen-bond donors (Lipinski definition) is 4. The van der Waals surface area contributed by atoms with Gasteiger partial charge in [0, 0.05) is 49.4 Å². The van der Waals surface area contributed by atoms with Crippen LogP contribution in [0.1, 0.15) is 51.8 Å². The quantitative estimate of drug-likeness (QED) is 0.106. The third kappa shape index (κ3) is 7.42. The van der Waals surface area contributed by atoms with Gasteiger partial charge in [0.25, 0.3) is 0 Å². The van der Waals surface area contributed by atoms with Crippen LogP contribution in [0.3, 0.4) is 0 Å². The van der Waals surface area contributed by atoms with Gasteiger partial charge in [-0.3, -0.25) is 19.7 Å². The molecule has 4 N–H and O–H groups in total. The lowest BCUT2D eigenvalue weighted by atomic mass is 9.92. The summed E-state index contributed by atoms with van der Waals surface area (Å²) >= 11 is 0. The average molecular weight is 686 g/mol. The molecule has 2 atom stereocenters. The van der Waals surface area contributed by atoms with Crippen molar-refractivity contribution in [3.05, 3.63) is 106 Å². The largest absolute Gasteiger partial charge is 0.496 e. The summed E-state index contributed by atoms with van der Waals surface area (Å²) in [5.41, 5.74) is 12.3. The average Bonchev–Trinajstić information content (AvgIpc) is 3.86. The number of likely N-dealkylation sites (tertiary alicyclic amines) is 2. The summed E-state index contributed by atoms with van der Waals surface area (Å²) < 4.78 is 5.80. The van der Waals surface area contributed by atoms with Gasteiger partial charge in [0.1, 0.15) is 5.75 Å². The number of benzene rings is 4. The molecule has 9 heteroatoms. The van der Waals surface area contributed by atoms with Gasteiger partial charge < -0.3 is 20.3 Å². The van der Waals surface area contributed by atoms with E-state index in [1.54, 1.807) is 7.11 Å². The number of carboxylic acid groups (broad SMARTS) is 1. The highest BCUT2D eigenvalue weighted by Crippen LogP contribution is 2.35. The number of aromatic nitrogens is 2. The van der Waals surface area contributed by atoms with E-state index in [0.717, 1.165) is 94.1 Å². The fourth-order valence-electron chi connectivity index (χ4n) is 7.64. The minimum atomic E-state index is -0.715. The third-order valence-corrected chi connectivity index (χ3v) is 10.7. The van der Waals surface area contributed by atoms with Crippen LogP contribution in [0.25, 0.3) is 34.2 Å². The number of aromatic amines is 1. The third-order valence-electron chi connectivity index (χ3n) is 10.7. The molecule has 9 nitrogen and oxygen atoms in total. The molecule has 0 saturated carbocycles. The van der Waals surface area contributed by atoms with E-state index in [-0.39, 0.29) is 12.0 Å². The number of carbonyl (C=O) groups is 1. The predicted octanol–water partition coefficient (Wildman–Crippen LogP) is 7.55. The predicted molar refractivity (Wildman–Crippen MR) is 204 cm³/mol. The molecule has 2 aliphatic heterocycles. The topological polar surface area (TPSA) is 114 Å². The number of aliphatic hydroxyl groups excluding tert-OH is 1. The van der Waals surface area contributed by atoms with Gasteiger partial charge in [-0.1, -0.05) is 54.6 Å². The molecule has 7 rings (SSSR count). The van der Waals surface area contributed by atoms with E-state index in [1.165, 1.54) is 16.7 Å². The molecule has 2 saturated heterocycles. The first-order valence-corrected chi connectivity index (χ1v) is 17.8. The van der Waals surface area contributed by atoms with Gasteiger partial charge in [-0.2, -0.15) is 5.10 Å². The number of aliphatic hydroxyl groups is 1. The highest BCUT2D eigenvalue weighted by molar-refractivity contribution is 5.93. The normalized spacial score (nSPS) is 18.3. The van der Waals surface area contributed by atoms with Crippen LogP contribution in [0.2, 0.25) is 0 Å². The highest BCUT2D eigenvalue weighted by atomic mass is 16.5. The smallest absolute Gasteiger partial charge is 0.307 e. The van der Waals surface area contributed by atoms with Crippen LogP contribution < -0.4 is 10.1 Å². The number of carboxylic acids is 1. The molecule has 2 aliphatic rings. The SMILES string of the molecule is COc1cc(/C=C/c2cccc(-c3cccc(Nc4n[nH]c5ccc(CN6CC[C@@H](O)C6)cc45)c3C)c2C)c(C)cc1CN1CC[C@@H](C(=O)O)C1. The van der Waals surface area contributed by atoms with E-state index in [2.05, 4.69) is 125 Å². The first kappa shape index (κ1) is 34.5. The van der Waals surface area contributed by atoms with Crippen molar-refractivity contribution < 1.29 is 19.7 Å². The van der Waals surface area contributed by atoms with Gasteiger partial charge in [-0.15, -0.1) is 0 Å². The molecule has 264 valence electrons. The van der Waals surface area contributed by atoms with Gasteiger partial charge in [0.15, 0.2) is 5.82 Å². The summed E-state index contributed by atoms with van der Waals surface area (Å²) in [5.74, 6) is 0.599. The molecule has 0 radical (unpaired) electrons. The lowest BCUT2D eigenvalue weighted by Crippen LogP contribution is -2.23. The van der Waals surface area contributed by atoms with Crippen LogP contribution in [0.5, 0.6) is 5.75 Å². The number of ether oxygens (including phenoxy) is 1. The Kier molecular flexibility index (Phi) is 9.95. The van der Waals surface area contributed by atoms with Crippen LogP contribution in [0, 0.1) is 26.7 Å². The molecule has 0 aliphatic carbocycles. The number of nitrogens with one attached hydrogen (secondary N) is 2. The Labute approximate surface area is 299 Å². The van der Waals surface area contributed by atoms with Crippen molar-refractivity contribution in [3.8, 4) is 16.9 Å². The summed E-state index contributed by atoms with van der Waals surface area (Å²) in [6.45, 7) is 10.9. The van der Waals surface area contributed by atoms with Gasteiger partial charge in [0.05, 0.1) is 24.6 Å². The Morgan fingerprint density at radius 3 is 2.41 bits per heavy atom. The number of rotatable bonds is 11. The first-order valence-electron chi connectivity index (χ1n) is 17.8. The molecule has 4 aromatic carbocycles. The van der Waals surface area contributed by atoms with Crippen molar-refractivity contribution in [2.75, 3.05) is 38.6 Å². The van der Waals surface area contributed by atoms with Crippen molar-refractivity contribution in [1.29, 1.82) is 0 Å². The van der Waals surface area contributed by atoms with Gasteiger partial charge in [0.2, 0.25) is 0 Å². The zero-order valence-corrected chi connectivity index (χ0v) is 29.9. The molecule has 2 fully saturated rings. The van der Waals surface area contributed by atoms with E-state index in [0.29, 0.717) is 19.5 Å². The van der Waals surface area contributed by atoms with Gasteiger partial charge in [-0.25, -0.2) is 0 Å². The van der Waals surface area contributed by atoms with Crippen molar-refractivity contribution in [1.82, 2.24) is 20.0 Å². The maximum absolute atomic E-state index is 11.5. The minimum absolute atomic E-state index is 0.231. The fourth-order valence-corrected chi connectivity index (χ4v) is 7.64. The molecular weight excluding hydrogens is 638 g/mol. The number of hydrogen-bond acceptors (Lipinski definition) is 7.